The number of urea groups is 3. The fourth-order valence-electron chi connectivity index (χ4n) is 3.96. The number of rotatable bonds is 15. The predicted octanol–water partition coefficient (Wildman–Crippen LogP) is -0.181. The number of imidazole rings is 3. The minimum Gasteiger partial charge on any atom is -0.340 e. The zero-order valence-electron chi connectivity index (χ0n) is 24.2. The van der Waals surface area contributed by atoms with Gasteiger partial charge in [-0.15, -0.1) is 0 Å². The first-order chi connectivity index (χ1) is 19.6. The molecule has 0 aliphatic carbocycles. The Balaban J connectivity index is 1.44. The molecule has 0 radical (unpaired) electrons. The maximum absolute atomic E-state index is 12.5. The molecule has 0 unspecified atom stereocenters. The maximum atomic E-state index is 12.5. The van der Waals surface area contributed by atoms with Crippen molar-refractivity contribution in [3.05, 3.63) is 54.7 Å². The molecule has 0 aliphatic heterocycles. The second-order valence-electron chi connectivity index (χ2n) is 10.5. The van der Waals surface area contributed by atoms with Gasteiger partial charge >= 0.3 is 18.1 Å². The standard InChI is InChI=1S/C26H42N12O3/c1-26(14-30-23(39)27-8-5-20-11-36(2)17-33-20,15-31-24(40)28-9-6-21-12-37(3)18-34-21)16-32-25(41)29-10-7-22-13-38(4)19-35-22/h11-13,17-19H,5-10,14-16H2,1-4H3,(H2,27,30,39)(H2,28,31,40)(H2,29,32,41). The zero-order chi connectivity index (χ0) is 29.7. The summed E-state index contributed by atoms with van der Waals surface area (Å²) in [5.41, 5.74) is 1.98. The zero-order valence-corrected chi connectivity index (χ0v) is 24.2. The van der Waals surface area contributed by atoms with E-state index in [-0.39, 0.29) is 37.7 Å². The lowest BCUT2D eigenvalue weighted by Gasteiger charge is -2.30. The van der Waals surface area contributed by atoms with Gasteiger partial charge in [-0.2, -0.15) is 0 Å². The van der Waals surface area contributed by atoms with Crippen LogP contribution in [-0.2, 0) is 40.4 Å². The van der Waals surface area contributed by atoms with E-state index < -0.39 is 5.41 Å². The maximum Gasteiger partial charge on any atom is 0.314 e. The van der Waals surface area contributed by atoms with Crippen molar-refractivity contribution >= 4 is 18.1 Å². The largest absolute Gasteiger partial charge is 0.340 e. The van der Waals surface area contributed by atoms with E-state index in [1.54, 1.807) is 19.0 Å². The van der Waals surface area contributed by atoms with Crippen LogP contribution in [0, 0.1) is 5.41 Å². The third-order valence-electron chi connectivity index (χ3n) is 6.30. The summed E-state index contributed by atoms with van der Waals surface area (Å²) in [5.74, 6) is 0. The van der Waals surface area contributed by atoms with Crippen LogP contribution >= 0.6 is 0 Å². The number of hydrogen-bond acceptors (Lipinski definition) is 6. The second-order valence-corrected chi connectivity index (χ2v) is 10.5. The van der Waals surface area contributed by atoms with Crippen LogP contribution < -0.4 is 31.9 Å². The molecule has 0 bridgehead atoms. The highest BCUT2D eigenvalue weighted by atomic mass is 16.2. The topological polar surface area (TPSA) is 177 Å². The lowest BCUT2D eigenvalue weighted by molar-refractivity contribution is 0.215. The summed E-state index contributed by atoms with van der Waals surface area (Å²) in [6.07, 6.45) is 12.6. The molecular weight excluding hydrogens is 528 g/mol. The van der Waals surface area contributed by atoms with Crippen LogP contribution in [-0.4, -0.2) is 86.0 Å². The van der Waals surface area contributed by atoms with Crippen LogP contribution in [0.3, 0.4) is 0 Å². The fourth-order valence-corrected chi connectivity index (χ4v) is 3.96. The monoisotopic (exact) mass is 570 g/mol. The van der Waals surface area contributed by atoms with Gasteiger partial charge in [0.15, 0.2) is 0 Å². The molecule has 15 nitrogen and oxygen atoms in total. The fraction of sp³-hybridized carbons (Fsp3) is 0.538. The molecule has 0 saturated carbocycles. The number of nitrogens with one attached hydrogen (secondary N) is 6. The number of aromatic nitrogens is 6. The van der Waals surface area contributed by atoms with Crippen LogP contribution in [0.25, 0.3) is 0 Å². The molecule has 0 aliphatic rings. The predicted molar refractivity (Wildman–Crippen MR) is 153 cm³/mol. The quantitative estimate of drug-likeness (QED) is 0.148. The summed E-state index contributed by atoms with van der Waals surface area (Å²) in [4.78, 5) is 50.1. The summed E-state index contributed by atoms with van der Waals surface area (Å²) in [7, 11) is 5.67. The normalized spacial score (nSPS) is 11.1. The molecule has 15 heteroatoms. The molecule has 3 aromatic rings. The van der Waals surface area contributed by atoms with Crippen LogP contribution in [0.5, 0.6) is 0 Å². The lowest BCUT2D eigenvalue weighted by Crippen LogP contribution is -2.53. The summed E-state index contributed by atoms with van der Waals surface area (Å²) >= 11 is 0. The van der Waals surface area contributed by atoms with E-state index in [2.05, 4.69) is 46.9 Å². The Morgan fingerprint density at radius 2 is 0.878 bits per heavy atom. The second kappa shape index (κ2) is 15.3. The number of carbonyl (C=O) groups excluding carboxylic acids is 3. The van der Waals surface area contributed by atoms with E-state index in [4.69, 9.17) is 0 Å². The third-order valence-corrected chi connectivity index (χ3v) is 6.30. The minimum absolute atomic E-state index is 0.213. The van der Waals surface area contributed by atoms with Gasteiger partial charge in [0.2, 0.25) is 0 Å². The smallest absolute Gasteiger partial charge is 0.314 e. The highest BCUT2D eigenvalue weighted by molar-refractivity contribution is 5.75. The Morgan fingerprint density at radius 3 is 1.12 bits per heavy atom. The van der Waals surface area contributed by atoms with Crippen molar-refractivity contribution in [2.75, 3.05) is 39.3 Å². The molecule has 6 N–H and O–H groups in total. The van der Waals surface area contributed by atoms with Crippen molar-refractivity contribution in [1.82, 2.24) is 60.6 Å². The first-order valence-corrected chi connectivity index (χ1v) is 13.6. The SMILES string of the molecule is Cn1cnc(CCNC(=O)NCC(C)(CNC(=O)NCCc2cn(C)cn2)CNC(=O)NCCc2cn(C)cn2)c1. The summed E-state index contributed by atoms with van der Waals surface area (Å²) in [5, 5.41) is 17.0. The van der Waals surface area contributed by atoms with E-state index in [1.165, 1.54) is 0 Å². The molecule has 41 heavy (non-hydrogen) atoms. The molecule has 0 fully saturated rings. The van der Waals surface area contributed by atoms with Gasteiger partial charge in [0, 0.05) is 104 Å². The van der Waals surface area contributed by atoms with Gasteiger partial charge < -0.3 is 45.6 Å². The first kappa shape index (κ1) is 31.0. The highest BCUT2D eigenvalue weighted by Crippen LogP contribution is 2.12. The minimum atomic E-state index is -0.672. The Morgan fingerprint density at radius 1 is 0.585 bits per heavy atom. The molecule has 0 spiro atoms. The van der Waals surface area contributed by atoms with E-state index in [0.29, 0.717) is 38.9 Å². The van der Waals surface area contributed by atoms with Gasteiger partial charge in [-0.25, -0.2) is 29.3 Å². The molecule has 224 valence electrons. The van der Waals surface area contributed by atoms with E-state index in [9.17, 15) is 14.4 Å². The molecule has 0 aromatic carbocycles. The molecule has 6 amide bonds. The molecular formula is C26H42N12O3. The lowest BCUT2D eigenvalue weighted by atomic mass is 9.90. The van der Waals surface area contributed by atoms with Gasteiger partial charge in [0.05, 0.1) is 36.1 Å². The molecule has 3 aromatic heterocycles. The Kier molecular flexibility index (Phi) is 11.5. The van der Waals surface area contributed by atoms with Crippen molar-refractivity contribution in [2.45, 2.75) is 26.2 Å². The van der Waals surface area contributed by atoms with Crippen molar-refractivity contribution in [3.63, 3.8) is 0 Å². The number of aryl methyl sites for hydroxylation is 3. The van der Waals surface area contributed by atoms with Crippen molar-refractivity contribution in [2.24, 2.45) is 26.6 Å². The Bertz CT molecular complexity index is 1110. The highest BCUT2D eigenvalue weighted by Gasteiger charge is 2.27. The van der Waals surface area contributed by atoms with Crippen LogP contribution in [0.2, 0.25) is 0 Å². The number of nitrogens with zero attached hydrogens (tertiary/aromatic N) is 6. The summed E-state index contributed by atoms with van der Waals surface area (Å²) in [6.45, 7) is 3.79. The van der Waals surface area contributed by atoms with E-state index >= 15 is 0 Å². The average Bonchev–Trinajstić information content (AvgIpc) is 3.66. The van der Waals surface area contributed by atoms with Crippen LogP contribution in [0.1, 0.15) is 24.0 Å². The van der Waals surface area contributed by atoms with E-state index in [0.717, 1.165) is 17.1 Å². The van der Waals surface area contributed by atoms with Gasteiger partial charge in [0.1, 0.15) is 0 Å². The van der Waals surface area contributed by atoms with Crippen molar-refractivity contribution in [3.8, 4) is 0 Å². The molecule has 3 rings (SSSR count). The van der Waals surface area contributed by atoms with Crippen LogP contribution in [0.4, 0.5) is 14.4 Å². The average molecular weight is 571 g/mol. The van der Waals surface area contributed by atoms with E-state index in [1.807, 2.05) is 60.4 Å². The third kappa shape index (κ3) is 11.6. The summed E-state index contributed by atoms with van der Waals surface area (Å²) in [6, 6.07) is -1.02. The number of hydrogen-bond donors (Lipinski definition) is 6. The Labute approximate surface area is 239 Å². The first-order valence-electron chi connectivity index (χ1n) is 13.6. The summed E-state index contributed by atoms with van der Waals surface area (Å²) < 4.78 is 5.55. The van der Waals surface area contributed by atoms with Gasteiger partial charge in [-0.3, -0.25) is 0 Å². The molecule has 3 heterocycles. The van der Waals surface area contributed by atoms with Gasteiger partial charge in [0.25, 0.3) is 0 Å². The van der Waals surface area contributed by atoms with Crippen molar-refractivity contribution < 1.29 is 14.4 Å². The van der Waals surface area contributed by atoms with Gasteiger partial charge in [-0.05, 0) is 0 Å². The van der Waals surface area contributed by atoms with Crippen molar-refractivity contribution in [1.29, 1.82) is 0 Å². The molecule has 0 saturated heterocycles. The molecule has 0 atom stereocenters. The number of carbonyl (C=O) groups is 3. The Hall–Kier alpha value is -4.56. The van der Waals surface area contributed by atoms with Gasteiger partial charge in [-0.1, -0.05) is 6.92 Å². The number of amides is 6. The van der Waals surface area contributed by atoms with Crippen LogP contribution in [0.15, 0.2) is 37.6 Å².